The molecule has 2 aliphatic rings. The molecule has 1 saturated carbocycles. The maximum Gasteiger partial charge on any atom is 0.242 e. The monoisotopic (exact) mass is 262 g/mol. The Hall–Kier alpha value is -1.52. The Balaban J connectivity index is 1.91. The van der Waals surface area contributed by atoms with Gasteiger partial charge in [0, 0.05) is 12.6 Å². The van der Waals surface area contributed by atoms with Crippen molar-refractivity contribution >= 4 is 11.5 Å². The number of methoxy groups -OCH3 is 1. The van der Waals surface area contributed by atoms with Crippen LogP contribution in [0.15, 0.2) is 6.33 Å². The maximum absolute atomic E-state index is 6.15. The van der Waals surface area contributed by atoms with Crippen LogP contribution in [0.1, 0.15) is 38.5 Å². The number of anilines is 2. The lowest BCUT2D eigenvalue weighted by molar-refractivity contribution is 0.242. The number of aromatic nitrogens is 2. The lowest BCUT2D eigenvalue weighted by Gasteiger charge is -2.45. The highest BCUT2D eigenvalue weighted by Crippen LogP contribution is 2.39. The third-order valence-electron chi connectivity index (χ3n) is 4.53. The molecule has 0 unspecified atom stereocenters. The van der Waals surface area contributed by atoms with Gasteiger partial charge >= 0.3 is 0 Å². The molecule has 1 aliphatic heterocycles. The fourth-order valence-corrected chi connectivity index (χ4v) is 3.65. The number of nitrogens with two attached hydrogens (primary N) is 1. The van der Waals surface area contributed by atoms with Gasteiger partial charge < -0.3 is 15.4 Å². The quantitative estimate of drug-likeness (QED) is 0.885. The van der Waals surface area contributed by atoms with Gasteiger partial charge in [-0.05, 0) is 31.6 Å². The molecule has 19 heavy (non-hydrogen) atoms. The summed E-state index contributed by atoms with van der Waals surface area (Å²) < 4.78 is 5.21. The zero-order chi connectivity index (χ0) is 13.2. The number of nitrogens with zero attached hydrogens (tertiary/aromatic N) is 3. The number of rotatable bonds is 2. The van der Waals surface area contributed by atoms with Gasteiger partial charge in [0.1, 0.15) is 12.0 Å². The fraction of sp³-hybridized carbons (Fsp3) is 0.714. The summed E-state index contributed by atoms with van der Waals surface area (Å²) in [4.78, 5) is 10.9. The molecule has 104 valence electrons. The first-order valence-corrected chi connectivity index (χ1v) is 7.22. The van der Waals surface area contributed by atoms with E-state index in [4.69, 9.17) is 10.5 Å². The van der Waals surface area contributed by atoms with Gasteiger partial charge in [0.25, 0.3) is 0 Å². The van der Waals surface area contributed by atoms with E-state index in [-0.39, 0.29) is 0 Å². The highest BCUT2D eigenvalue weighted by molar-refractivity contribution is 5.68. The van der Waals surface area contributed by atoms with Crippen molar-refractivity contribution in [2.24, 2.45) is 5.92 Å². The van der Waals surface area contributed by atoms with E-state index in [1.807, 2.05) is 0 Å². The van der Waals surface area contributed by atoms with Gasteiger partial charge in [-0.25, -0.2) is 4.98 Å². The molecule has 1 aromatic rings. The molecule has 1 aliphatic carbocycles. The molecule has 1 saturated heterocycles. The van der Waals surface area contributed by atoms with Gasteiger partial charge in [-0.15, -0.1) is 0 Å². The minimum atomic E-state index is 0.489. The van der Waals surface area contributed by atoms with Crippen LogP contribution in [0.3, 0.4) is 0 Å². The molecule has 2 atom stereocenters. The van der Waals surface area contributed by atoms with Crippen molar-refractivity contribution in [3.8, 4) is 5.88 Å². The van der Waals surface area contributed by atoms with E-state index in [0.29, 0.717) is 17.6 Å². The van der Waals surface area contributed by atoms with Gasteiger partial charge in [-0.1, -0.05) is 12.8 Å². The molecule has 2 N–H and O–H groups in total. The first kappa shape index (κ1) is 12.5. The third kappa shape index (κ3) is 2.22. The molecule has 0 amide bonds. The van der Waals surface area contributed by atoms with Gasteiger partial charge in [0.05, 0.1) is 7.11 Å². The Bertz CT molecular complexity index is 449. The van der Waals surface area contributed by atoms with Crippen LogP contribution in [0.4, 0.5) is 11.5 Å². The Morgan fingerprint density at radius 2 is 2.00 bits per heavy atom. The number of piperidine rings is 1. The lowest BCUT2D eigenvalue weighted by Crippen LogP contribution is -2.47. The number of nitrogen functional groups attached to an aromatic ring is 1. The van der Waals surface area contributed by atoms with E-state index in [1.165, 1.54) is 38.5 Å². The average molecular weight is 262 g/mol. The minimum Gasteiger partial charge on any atom is -0.479 e. The van der Waals surface area contributed by atoms with Crippen LogP contribution >= 0.6 is 0 Å². The Morgan fingerprint density at radius 1 is 1.21 bits per heavy atom. The maximum atomic E-state index is 6.15. The molecule has 3 rings (SSSR count). The molecule has 0 aromatic carbocycles. The Morgan fingerprint density at radius 3 is 2.84 bits per heavy atom. The normalized spacial score (nSPS) is 26.9. The van der Waals surface area contributed by atoms with Crippen LogP contribution in [0.5, 0.6) is 5.88 Å². The van der Waals surface area contributed by atoms with Crippen molar-refractivity contribution in [2.45, 2.75) is 44.6 Å². The molecule has 5 heteroatoms. The second-order valence-electron chi connectivity index (χ2n) is 5.57. The lowest BCUT2D eigenvalue weighted by atomic mass is 9.78. The highest BCUT2D eigenvalue weighted by Gasteiger charge is 2.35. The summed E-state index contributed by atoms with van der Waals surface area (Å²) in [6, 6.07) is 0.601. The van der Waals surface area contributed by atoms with E-state index in [1.54, 1.807) is 13.4 Å². The first-order valence-electron chi connectivity index (χ1n) is 7.22. The molecule has 2 heterocycles. The summed E-state index contributed by atoms with van der Waals surface area (Å²) in [5, 5.41) is 0. The van der Waals surface area contributed by atoms with Crippen LogP contribution < -0.4 is 15.4 Å². The molecule has 5 nitrogen and oxygen atoms in total. The van der Waals surface area contributed by atoms with Crippen molar-refractivity contribution in [3.05, 3.63) is 6.33 Å². The third-order valence-corrected chi connectivity index (χ3v) is 4.53. The van der Waals surface area contributed by atoms with Gasteiger partial charge in [-0.2, -0.15) is 4.98 Å². The zero-order valence-corrected chi connectivity index (χ0v) is 11.5. The summed E-state index contributed by atoms with van der Waals surface area (Å²) in [6.45, 7) is 1.05. The number of hydrogen-bond donors (Lipinski definition) is 1. The predicted octanol–water partition coefficient (Wildman–Crippen LogP) is 2.23. The summed E-state index contributed by atoms with van der Waals surface area (Å²) in [6.07, 6.45) is 9.43. The van der Waals surface area contributed by atoms with Crippen LogP contribution in [-0.2, 0) is 0 Å². The molecule has 0 radical (unpaired) electrons. The van der Waals surface area contributed by atoms with Crippen molar-refractivity contribution in [3.63, 3.8) is 0 Å². The standard InChI is InChI=1S/C14H22N4O/c1-19-14-12(15)13(16-9-17-14)18-8-4-6-10-5-2-3-7-11(10)18/h9-11H,2-8,15H2,1H3/t10-,11-/m1/s1. The van der Waals surface area contributed by atoms with Crippen molar-refractivity contribution in [1.29, 1.82) is 0 Å². The minimum absolute atomic E-state index is 0.489. The highest BCUT2D eigenvalue weighted by atomic mass is 16.5. The number of hydrogen-bond acceptors (Lipinski definition) is 5. The Labute approximate surface area is 114 Å². The average Bonchev–Trinajstić information content (AvgIpc) is 2.47. The number of fused-ring (bicyclic) bond motifs is 1. The number of ether oxygens (including phenoxy) is 1. The second-order valence-corrected chi connectivity index (χ2v) is 5.57. The molecule has 0 bridgehead atoms. The summed E-state index contributed by atoms with van der Waals surface area (Å²) in [5.74, 6) is 2.16. The predicted molar refractivity (Wildman–Crippen MR) is 75.3 cm³/mol. The van der Waals surface area contributed by atoms with E-state index >= 15 is 0 Å². The van der Waals surface area contributed by atoms with Crippen molar-refractivity contribution < 1.29 is 4.74 Å². The Kier molecular flexibility index (Phi) is 3.44. The topological polar surface area (TPSA) is 64.3 Å². The second kappa shape index (κ2) is 5.23. The van der Waals surface area contributed by atoms with Crippen LogP contribution in [0.25, 0.3) is 0 Å². The summed E-state index contributed by atoms with van der Waals surface area (Å²) in [5.41, 5.74) is 6.73. The van der Waals surface area contributed by atoms with E-state index < -0.39 is 0 Å². The van der Waals surface area contributed by atoms with Crippen molar-refractivity contribution in [1.82, 2.24) is 9.97 Å². The summed E-state index contributed by atoms with van der Waals surface area (Å²) >= 11 is 0. The van der Waals surface area contributed by atoms with Crippen LogP contribution in [-0.4, -0.2) is 29.7 Å². The van der Waals surface area contributed by atoms with E-state index in [9.17, 15) is 0 Å². The molecule has 1 aromatic heterocycles. The zero-order valence-electron chi connectivity index (χ0n) is 11.5. The van der Waals surface area contributed by atoms with Gasteiger partial charge in [0.15, 0.2) is 5.82 Å². The molecule has 2 fully saturated rings. The van der Waals surface area contributed by atoms with E-state index in [0.717, 1.165) is 18.3 Å². The van der Waals surface area contributed by atoms with E-state index in [2.05, 4.69) is 14.9 Å². The summed E-state index contributed by atoms with van der Waals surface area (Å²) in [7, 11) is 1.60. The fourth-order valence-electron chi connectivity index (χ4n) is 3.65. The molecule has 0 spiro atoms. The van der Waals surface area contributed by atoms with Gasteiger partial charge in [-0.3, -0.25) is 0 Å². The smallest absolute Gasteiger partial charge is 0.242 e. The largest absolute Gasteiger partial charge is 0.479 e. The SMILES string of the molecule is COc1ncnc(N2CCC[C@H]3CCCC[C@H]32)c1N. The van der Waals surface area contributed by atoms with Crippen LogP contribution in [0.2, 0.25) is 0 Å². The molecular formula is C14H22N4O. The van der Waals surface area contributed by atoms with Crippen LogP contribution in [0, 0.1) is 5.92 Å². The first-order chi connectivity index (χ1) is 9.31. The van der Waals surface area contributed by atoms with Gasteiger partial charge in [0.2, 0.25) is 5.88 Å². The van der Waals surface area contributed by atoms with Crippen molar-refractivity contribution in [2.75, 3.05) is 24.3 Å². The molecular weight excluding hydrogens is 240 g/mol.